The summed E-state index contributed by atoms with van der Waals surface area (Å²) in [5, 5.41) is 2.82. The van der Waals surface area contributed by atoms with E-state index in [1.165, 1.54) is 11.1 Å². The van der Waals surface area contributed by atoms with Gasteiger partial charge in [-0.25, -0.2) is 0 Å². The molecule has 7 nitrogen and oxygen atoms in total. The highest BCUT2D eigenvalue weighted by molar-refractivity contribution is 6.21. The minimum absolute atomic E-state index is 0.131. The van der Waals surface area contributed by atoms with Gasteiger partial charge in [-0.15, -0.1) is 0 Å². The Kier molecular flexibility index (Phi) is 5.58. The minimum Gasteiger partial charge on any atom is -0.455 e. The van der Waals surface area contributed by atoms with E-state index in [1.807, 2.05) is 30.3 Å². The summed E-state index contributed by atoms with van der Waals surface area (Å²) in [5.74, 6) is 0.145. The lowest BCUT2D eigenvalue weighted by molar-refractivity contribution is 0.0642. The first-order valence-electron chi connectivity index (χ1n) is 10.6. The molecule has 0 bridgehead atoms. The normalized spacial score (nSPS) is 12.4. The number of benzene rings is 3. The Morgan fingerprint density at radius 2 is 1.47 bits per heavy atom. The van der Waals surface area contributed by atoms with Crippen LogP contribution in [0.4, 0.5) is 5.69 Å². The van der Waals surface area contributed by atoms with Crippen molar-refractivity contribution in [1.82, 2.24) is 9.88 Å². The average Bonchev–Trinajstić information content (AvgIpc) is 3.11. The maximum atomic E-state index is 12.8. The van der Waals surface area contributed by atoms with Crippen LogP contribution >= 0.6 is 0 Å². The van der Waals surface area contributed by atoms with Gasteiger partial charge in [-0.05, 0) is 42.0 Å². The smallest absolute Gasteiger partial charge is 0.261 e. The minimum atomic E-state index is -0.335. The van der Waals surface area contributed by atoms with Crippen LogP contribution < -0.4 is 10.1 Å². The summed E-state index contributed by atoms with van der Waals surface area (Å²) in [6, 6.07) is 24.4. The number of para-hydroxylation sites is 1. The van der Waals surface area contributed by atoms with E-state index in [0.717, 1.165) is 5.56 Å². The molecular formula is C27H19N3O4. The number of fused-ring (bicyclic) bond motifs is 1. The van der Waals surface area contributed by atoms with Crippen molar-refractivity contribution in [1.29, 1.82) is 0 Å². The predicted octanol–water partition coefficient (Wildman–Crippen LogP) is 4.92. The quantitative estimate of drug-likeness (QED) is 0.422. The molecule has 0 radical (unpaired) electrons. The topological polar surface area (TPSA) is 88.6 Å². The second kappa shape index (κ2) is 8.99. The molecule has 3 amide bonds. The number of carbonyl (C=O) groups excluding carboxylic acids is 3. The lowest BCUT2D eigenvalue weighted by atomic mass is 10.1. The average molecular weight is 449 g/mol. The highest BCUT2D eigenvalue weighted by Gasteiger charge is 2.34. The Hall–Kier alpha value is -4.78. The molecule has 3 aromatic carbocycles. The van der Waals surface area contributed by atoms with Crippen molar-refractivity contribution in [3.63, 3.8) is 0 Å². The molecule has 166 valence electrons. The van der Waals surface area contributed by atoms with Gasteiger partial charge in [0.15, 0.2) is 5.75 Å². The molecule has 1 aliphatic rings. The highest BCUT2D eigenvalue weighted by Crippen LogP contribution is 2.29. The van der Waals surface area contributed by atoms with E-state index < -0.39 is 0 Å². The molecule has 1 aliphatic heterocycles. The van der Waals surface area contributed by atoms with Gasteiger partial charge in [-0.2, -0.15) is 0 Å². The van der Waals surface area contributed by atoms with Gasteiger partial charge in [-0.3, -0.25) is 24.3 Å². The van der Waals surface area contributed by atoms with Crippen LogP contribution in [0.1, 0.15) is 36.6 Å². The highest BCUT2D eigenvalue weighted by atomic mass is 16.5. The molecule has 0 saturated heterocycles. The molecular weight excluding hydrogens is 430 g/mol. The van der Waals surface area contributed by atoms with Gasteiger partial charge in [0.05, 0.1) is 23.9 Å². The summed E-state index contributed by atoms with van der Waals surface area (Å²) in [6.45, 7) is 0.131. The second-order valence-electron chi connectivity index (χ2n) is 7.68. The lowest BCUT2D eigenvalue weighted by Crippen LogP contribution is -2.29. The Bertz CT molecular complexity index is 1350. The standard InChI is InChI=1S/C27H19N3O4/c31-25(29-23-16-28-15-14-24(23)34-20-6-2-1-3-7-20)19-12-10-18(11-13-19)17-30-26(32)21-8-4-5-9-22(21)27(30)33/h1-16H,17H2,(H,29,31). The van der Waals surface area contributed by atoms with E-state index in [4.69, 9.17) is 4.74 Å². The van der Waals surface area contributed by atoms with Gasteiger partial charge in [-0.1, -0.05) is 42.5 Å². The largest absolute Gasteiger partial charge is 0.455 e. The fourth-order valence-electron chi connectivity index (χ4n) is 3.70. The van der Waals surface area contributed by atoms with Gasteiger partial charge in [0, 0.05) is 17.8 Å². The van der Waals surface area contributed by atoms with Crippen LogP contribution in [-0.2, 0) is 6.54 Å². The zero-order valence-electron chi connectivity index (χ0n) is 18.0. The molecule has 5 rings (SSSR count). The molecule has 0 saturated carbocycles. The van der Waals surface area contributed by atoms with E-state index in [9.17, 15) is 14.4 Å². The maximum absolute atomic E-state index is 12.8. The van der Waals surface area contributed by atoms with E-state index in [0.29, 0.717) is 33.9 Å². The lowest BCUT2D eigenvalue weighted by Gasteiger charge is -2.14. The first-order chi connectivity index (χ1) is 16.6. The Labute approximate surface area is 195 Å². The third-order valence-electron chi connectivity index (χ3n) is 5.44. The van der Waals surface area contributed by atoms with Crippen LogP contribution in [0.5, 0.6) is 11.5 Å². The molecule has 1 N–H and O–H groups in total. The van der Waals surface area contributed by atoms with E-state index in [-0.39, 0.29) is 24.3 Å². The van der Waals surface area contributed by atoms with Gasteiger partial charge < -0.3 is 10.1 Å². The third-order valence-corrected chi connectivity index (χ3v) is 5.44. The number of imide groups is 1. The fourth-order valence-corrected chi connectivity index (χ4v) is 3.70. The summed E-state index contributed by atoms with van der Waals surface area (Å²) in [4.78, 5) is 43.2. The number of rotatable bonds is 6. The first-order valence-corrected chi connectivity index (χ1v) is 10.6. The van der Waals surface area contributed by atoms with Crippen molar-refractivity contribution < 1.29 is 19.1 Å². The molecule has 0 aliphatic carbocycles. The number of nitrogens with one attached hydrogen (secondary N) is 1. The summed E-state index contributed by atoms with van der Waals surface area (Å²) in [6.07, 6.45) is 3.11. The van der Waals surface area contributed by atoms with Crippen molar-refractivity contribution >= 4 is 23.4 Å². The SMILES string of the molecule is O=C(Nc1cnccc1Oc1ccccc1)c1ccc(CN2C(=O)c3ccccc3C2=O)cc1. The number of carbonyl (C=O) groups is 3. The van der Waals surface area contributed by atoms with Gasteiger partial charge in [0.2, 0.25) is 0 Å². The van der Waals surface area contributed by atoms with E-state index in [1.54, 1.807) is 60.8 Å². The number of hydrogen-bond donors (Lipinski definition) is 1. The predicted molar refractivity (Wildman–Crippen MR) is 126 cm³/mol. The summed E-state index contributed by atoms with van der Waals surface area (Å²) in [7, 11) is 0. The Morgan fingerprint density at radius 3 is 2.15 bits per heavy atom. The molecule has 34 heavy (non-hydrogen) atoms. The molecule has 0 fully saturated rings. The first kappa shape index (κ1) is 21.1. The molecule has 0 atom stereocenters. The molecule has 0 unspecified atom stereocenters. The van der Waals surface area contributed by atoms with Crippen LogP contribution in [0.2, 0.25) is 0 Å². The maximum Gasteiger partial charge on any atom is 0.261 e. The number of hydrogen-bond acceptors (Lipinski definition) is 5. The molecule has 4 aromatic rings. The molecule has 1 aromatic heterocycles. The van der Waals surface area contributed by atoms with Crippen LogP contribution in [0, 0.1) is 0 Å². The molecule has 2 heterocycles. The van der Waals surface area contributed by atoms with Crippen LogP contribution in [0.3, 0.4) is 0 Å². The van der Waals surface area contributed by atoms with Crippen molar-refractivity contribution in [3.05, 3.63) is 120 Å². The van der Waals surface area contributed by atoms with Gasteiger partial charge in [0.25, 0.3) is 17.7 Å². The van der Waals surface area contributed by atoms with E-state index >= 15 is 0 Å². The third kappa shape index (κ3) is 4.14. The van der Waals surface area contributed by atoms with Gasteiger partial charge in [0.1, 0.15) is 11.4 Å². The van der Waals surface area contributed by atoms with Gasteiger partial charge >= 0.3 is 0 Å². The Balaban J connectivity index is 1.27. The number of nitrogens with zero attached hydrogens (tertiary/aromatic N) is 2. The van der Waals surface area contributed by atoms with Crippen molar-refractivity contribution in [2.75, 3.05) is 5.32 Å². The summed E-state index contributed by atoms with van der Waals surface area (Å²) in [5.41, 5.74) is 2.41. The van der Waals surface area contributed by atoms with Crippen molar-refractivity contribution in [2.45, 2.75) is 6.54 Å². The molecule has 7 heteroatoms. The summed E-state index contributed by atoms with van der Waals surface area (Å²) < 4.78 is 5.86. The molecule has 0 spiro atoms. The number of pyridine rings is 1. The number of ether oxygens (including phenoxy) is 1. The number of aromatic nitrogens is 1. The fraction of sp³-hybridized carbons (Fsp3) is 0.0370. The van der Waals surface area contributed by atoms with Crippen LogP contribution in [-0.4, -0.2) is 27.6 Å². The number of amides is 3. The second-order valence-corrected chi connectivity index (χ2v) is 7.68. The van der Waals surface area contributed by atoms with Crippen LogP contribution in [0.25, 0.3) is 0 Å². The number of anilines is 1. The zero-order chi connectivity index (χ0) is 23.5. The zero-order valence-corrected chi connectivity index (χ0v) is 18.0. The monoisotopic (exact) mass is 449 g/mol. The van der Waals surface area contributed by atoms with E-state index in [2.05, 4.69) is 10.3 Å². The Morgan fingerprint density at radius 1 is 0.824 bits per heavy atom. The van der Waals surface area contributed by atoms with Crippen LogP contribution in [0.15, 0.2) is 97.3 Å². The summed E-state index contributed by atoms with van der Waals surface area (Å²) >= 11 is 0. The van der Waals surface area contributed by atoms with Crippen molar-refractivity contribution in [2.24, 2.45) is 0 Å². The van der Waals surface area contributed by atoms with Crippen molar-refractivity contribution in [3.8, 4) is 11.5 Å².